The van der Waals surface area contributed by atoms with Crippen LogP contribution in [0.3, 0.4) is 0 Å². The third-order valence-electron chi connectivity index (χ3n) is 2.83. The van der Waals surface area contributed by atoms with Crippen LogP contribution in [0.1, 0.15) is 15.9 Å². The number of carbonyl (C=O) groups excluding carboxylic acids is 1. The van der Waals surface area contributed by atoms with Crippen LogP contribution in [0.25, 0.3) is 0 Å². The van der Waals surface area contributed by atoms with Gasteiger partial charge in [-0.25, -0.2) is 0 Å². The van der Waals surface area contributed by atoms with Crippen LogP contribution in [-0.4, -0.2) is 23.2 Å². The van der Waals surface area contributed by atoms with Gasteiger partial charge < -0.3 is 20.3 Å². The minimum absolute atomic E-state index is 0.0745. The maximum absolute atomic E-state index is 12.1. The quantitative estimate of drug-likeness (QED) is 0.803. The zero-order chi connectivity index (χ0) is 14.7. The molecule has 0 spiro atoms. The van der Waals surface area contributed by atoms with Crippen molar-refractivity contribution >= 4 is 11.6 Å². The predicted molar refractivity (Wildman–Crippen MR) is 75.5 cm³/mol. The Labute approximate surface area is 116 Å². The summed E-state index contributed by atoms with van der Waals surface area (Å²) in [5.41, 5.74) is 1.59. The molecule has 0 radical (unpaired) electrons. The molecule has 0 bridgehead atoms. The third kappa shape index (κ3) is 2.83. The lowest BCUT2D eigenvalue weighted by atomic mass is 10.1. The van der Waals surface area contributed by atoms with E-state index in [1.165, 1.54) is 19.2 Å². The molecule has 0 saturated carbocycles. The molecule has 2 aromatic carbocycles. The van der Waals surface area contributed by atoms with Gasteiger partial charge in [0.05, 0.1) is 18.4 Å². The van der Waals surface area contributed by atoms with E-state index in [-0.39, 0.29) is 17.1 Å². The van der Waals surface area contributed by atoms with Crippen LogP contribution in [0, 0.1) is 6.92 Å². The van der Waals surface area contributed by atoms with Gasteiger partial charge in [-0.1, -0.05) is 6.07 Å². The zero-order valence-electron chi connectivity index (χ0n) is 11.2. The lowest BCUT2D eigenvalue weighted by molar-refractivity contribution is 0.102. The first-order valence-electron chi connectivity index (χ1n) is 5.99. The van der Waals surface area contributed by atoms with Gasteiger partial charge in [0.1, 0.15) is 17.2 Å². The molecule has 2 rings (SSSR count). The number of hydrogen-bond acceptors (Lipinski definition) is 4. The smallest absolute Gasteiger partial charge is 0.259 e. The summed E-state index contributed by atoms with van der Waals surface area (Å²) in [4.78, 5) is 12.1. The molecule has 0 aliphatic heterocycles. The molecule has 104 valence electrons. The number of carbonyl (C=O) groups is 1. The molecular formula is C15H15NO4. The Morgan fingerprint density at radius 1 is 1.15 bits per heavy atom. The highest BCUT2D eigenvalue weighted by Crippen LogP contribution is 2.28. The van der Waals surface area contributed by atoms with E-state index in [9.17, 15) is 15.0 Å². The number of rotatable bonds is 3. The van der Waals surface area contributed by atoms with Crippen molar-refractivity contribution in [3.05, 3.63) is 47.5 Å². The van der Waals surface area contributed by atoms with E-state index < -0.39 is 5.91 Å². The maximum Gasteiger partial charge on any atom is 0.259 e. The van der Waals surface area contributed by atoms with Crippen molar-refractivity contribution in [3.8, 4) is 17.2 Å². The Bertz CT molecular complexity index is 652. The summed E-state index contributed by atoms with van der Waals surface area (Å²) in [7, 11) is 1.52. The predicted octanol–water partition coefficient (Wildman–Crippen LogP) is 2.67. The van der Waals surface area contributed by atoms with Gasteiger partial charge in [0, 0.05) is 6.07 Å². The van der Waals surface area contributed by atoms with Crippen molar-refractivity contribution in [1.82, 2.24) is 0 Å². The summed E-state index contributed by atoms with van der Waals surface area (Å²) in [5.74, 6) is -0.332. The first-order chi connectivity index (χ1) is 9.51. The second kappa shape index (κ2) is 5.52. The average Bonchev–Trinajstić information content (AvgIpc) is 2.40. The lowest BCUT2D eigenvalue weighted by Crippen LogP contribution is -2.12. The number of ether oxygens (including phenoxy) is 1. The Balaban J connectivity index is 2.28. The molecule has 0 saturated heterocycles. The van der Waals surface area contributed by atoms with Crippen molar-refractivity contribution in [1.29, 1.82) is 0 Å². The summed E-state index contributed by atoms with van der Waals surface area (Å²) < 4.78 is 5.20. The summed E-state index contributed by atoms with van der Waals surface area (Å²) in [6, 6.07) is 9.16. The molecule has 0 aliphatic rings. The fourth-order valence-electron chi connectivity index (χ4n) is 1.80. The average molecular weight is 273 g/mol. The first kappa shape index (κ1) is 13.7. The topological polar surface area (TPSA) is 78.8 Å². The molecule has 0 heterocycles. The van der Waals surface area contributed by atoms with E-state index in [1.807, 2.05) is 13.0 Å². The minimum Gasteiger partial charge on any atom is -0.508 e. The van der Waals surface area contributed by atoms with Gasteiger partial charge >= 0.3 is 0 Å². The molecule has 5 nitrogen and oxygen atoms in total. The largest absolute Gasteiger partial charge is 0.508 e. The summed E-state index contributed by atoms with van der Waals surface area (Å²) >= 11 is 0. The number of aryl methyl sites for hydroxylation is 1. The number of phenolic OH excluding ortho intramolecular Hbond substituents is 2. The van der Waals surface area contributed by atoms with Crippen LogP contribution in [0.4, 0.5) is 5.69 Å². The lowest BCUT2D eigenvalue weighted by Gasteiger charge is -2.11. The van der Waals surface area contributed by atoms with E-state index in [2.05, 4.69) is 5.32 Å². The minimum atomic E-state index is -0.482. The van der Waals surface area contributed by atoms with Gasteiger partial charge in [-0.15, -0.1) is 0 Å². The Morgan fingerprint density at radius 2 is 1.90 bits per heavy atom. The number of methoxy groups -OCH3 is 1. The summed E-state index contributed by atoms with van der Waals surface area (Å²) in [6.07, 6.45) is 0. The fraction of sp³-hybridized carbons (Fsp3) is 0.133. The summed E-state index contributed by atoms with van der Waals surface area (Å²) in [6.45, 7) is 1.92. The highest BCUT2D eigenvalue weighted by atomic mass is 16.5. The number of anilines is 1. The molecule has 2 aromatic rings. The first-order valence-corrected chi connectivity index (χ1v) is 5.99. The van der Waals surface area contributed by atoms with Crippen molar-refractivity contribution in [3.63, 3.8) is 0 Å². The molecule has 0 aliphatic carbocycles. The van der Waals surface area contributed by atoms with Gasteiger partial charge in [0.2, 0.25) is 0 Å². The van der Waals surface area contributed by atoms with Gasteiger partial charge in [-0.3, -0.25) is 4.79 Å². The number of amides is 1. The van der Waals surface area contributed by atoms with Crippen molar-refractivity contribution < 1.29 is 19.7 Å². The number of hydrogen-bond donors (Lipinski definition) is 3. The molecule has 1 amide bonds. The van der Waals surface area contributed by atoms with Crippen LogP contribution in [0.15, 0.2) is 36.4 Å². The van der Waals surface area contributed by atoms with Crippen molar-refractivity contribution in [2.75, 3.05) is 12.4 Å². The molecule has 0 fully saturated rings. The van der Waals surface area contributed by atoms with E-state index in [0.717, 1.165) is 11.6 Å². The van der Waals surface area contributed by atoms with Crippen LogP contribution in [0.2, 0.25) is 0 Å². The van der Waals surface area contributed by atoms with Crippen LogP contribution in [-0.2, 0) is 0 Å². The van der Waals surface area contributed by atoms with E-state index in [1.54, 1.807) is 12.1 Å². The van der Waals surface area contributed by atoms with Crippen molar-refractivity contribution in [2.45, 2.75) is 6.92 Å². The van der Waals surface area contributed by atoms with Crippen LogP contribution >= 0.6 is 0 Å². The molecule has 0 unspecified atom stereocenters. The Hall–Kier alpha value is -2.69. The van der Waals surface area contributed by atoms with E-state index in [0.29, 0.717) is 11.4 Å². The van der Waals surface area contributed by atoms with Crippen molar-refractivity contribution in [2.24, 2.45) is 0 Å². The standard InChI is InChI=1S/C15H15NO4/c1-9-3-6-12(14(7-9)20-2)16-15(19)11-5-4-10(17)8-13(11)18/h3-8,17-18H,1-2H3,(H,16,19). The molecular weight excluding hydrogens is 258 g/mol. The van der Waals surface area contributed by atoms with Gasteiger partial charge in [0.15, 0.2) is 0 Å². The number of nitrogens with one attached hydrogen (secondary N) is 1. The van der Waals surface area contributed by atoms with E-state index in [4.69, 9.17) is 4.74 Å². The molecule has 0 aromatic heterocycles. The van der Waals surface area contributed by atoms with Gasteiger partial charge in [-0.2, -0.15) is 0 Å². The maximum atomic E-state index is 12.1. The Morgan fingerprint density at radius 3 is 2.55 bits per heavy atom. The van der Waals surface area contributed by atoms with Gasteiger partial charge in [0.25, 0.3) is 5.91 Å². The number of phenols is 2. The SMILES string of the molecule is COc1cc(C)ccc1NC(=O)c1ccc(O)cc1O. The van der Waals surface area contributed by atoms with Gasteiger partial charge in [-0.05, 0) is 36.8 Å². The molecule has 5 heteroatoms. The normalized spacial score (nSPS) is 10.1. The zero-order valence-corrected chi connectivity index (χ0v) is 11.2. The summed E-state index contributed by atoms with van der Waals surface area (Å²) in [5, 5.41) is 21.5. The fourth-order valence-corrected chi connectivity index (χ4v) is 1.80. The molecule has 3 N–H and O–H groups in total. The second-order valence-electron chi connectivity index (χ2n) is 4.36. The second-order valence-corrected chi connectivity index (χ2v) is 4.36. The van der Waals surface area contributed by atoms with Crippen LogP contribution < -0.4 is 10.1 Å². The molecule has 0 atom stereocenters. The number of benzene rings is 2. The monoisotopic (exact) mass is 273 g/mol. The third-order valence-corrected chi connectivity index (χ3v) is 2.83. The Kier molecular flexibility index (Phi) is 3.79. The van der Waals surface area contributed by atoms with E-state index >= 15 is 0 Å². The van der Waals surface area contributed by atoms with Crippen LogP contribution in [0.5, 0.6) is 17.2 Å². The highest BCUT2D eigenvalue weighted by molar-refractivity contribution is 6.06. The molecule has 20 heavy (non-hydrogen) atoms. The number of aromatic hydroxyl groups is 2. The highest BCUT2D eigenvalue weighted by Gasteiger charge is 2.14.